The van der Waals surface area contributed by atoms with Gasteiger partial charge in [-0.05, 0) is 54.6 Å². The molecule has 0 saturated carbocycles. The monoisotopic (exact) mass is 577 g/mol. The third-order valence-electron chi connectivity index (χ3n) is 9.27. The van der Waals surface area contributed by atoms with Gasteiger partial charge in [0.25, 0.3) is 0 Å². The summed E-state index contributed by atoms with van der Waals surface area (Å²) in [5.41, 5.74) is 10.8. The second-order valence-electron chi connectivity index (χ2n) is 11.8. The van der Waals surface area contributed by atoms with Gasteiger partial charge in [-0.1, -0.05) is 121 Å². The summed E-state index contributed by atoms with van der Waals surface area (Å²) in [5.74, 6) is 0. The molecule has 2 unspecified atom stereocenters. The van der Waals surface area contributed by atoms with Gasteiger partial charge in [0, 0.05) is 50.3 Å². The summed E-state index contributed by atoms with van der Waals surface area (Å²) in [7, 11) is 0. The zero-order valence-corrected chi connectivity index (χ0v) is 24.7. The van der Waals surface area contributed by atoms with Crippen molar-refractivity contribution in [1.29, 1.82) is 0 Å². The maximum atomic E-state index is 2.54. The Bertz CT molecular complexity index is 2200. The third-order valence-corrected chi connectivity index (χ3v) is 9.27. The largest absolute Gasteiger partial charge is 0.332 e. The molecule has 0 saturated heterocycles. The molecule has 0 fully saturated rings. The first-order chi connectivity index (χ1) is 22.4. The van der Waals surface area contributed by atoms with Crippen LogP contribution in [-0.4, -0.2) is 16.7 Å². The molecular formula is C42H31N3. The predicted molar refractivity (Wildman–Crippen MR) is 189 cm³/mol. The van der Waals surface area contributed by atoms with Crippen LogP contribution in [0.4, 0.5) is 22.7 Å². The Morgan fingerprint density at radius 1 is 0.378 bits per heavy atom. The molecule has 3 nitrogen and oxygen atoms in total. The summed E-state index contributed by atoms with van der Waals surface area (Å²) in [6.45, 7) is 0. The van der Waals surface area contributed by atoms with E-state index in [0.717, 1.165) is 11.4 Å². The molecule has 2 heterocycles. The van der Waals surface area contributed by atoms with E-state index in [-0.39, 0.29) is 12.1 Å². The van der Waals surface area contributed by atoms with Gasteiger partial charge in [0.05, 0.1) is 23.1 Å². The minimum absolute atomic E-state index is 0.0399. The first kappa shape index (κ1) is 25.7. The predicted octanol–water partition coefficient (Wildman–Crippen LogP) is 10.6. The van der Waals surface area contributed by atoms with Gasteiger partial charge in [-0.25, -0.2) is 0 Å². The number of para-hydroxylation sites is 5. The number of aromatic nitrogens is 1. The molecule has 0 amide bonds. The van der Waals surface area contributed by atoms with Gasteiger partial charge in [0.1, 0.15) is 0 Å². The number of benzene rings is 6. The maximum Gasteiger partial charge on any atom is 0.0769 e. The molecule has 1 aliphatic carbocycles. The van der Waals surface area contributed by atoms with E-state index in [4.69, 9.17) is 0 Å². The van der Waals surface area contributed by atoms with Crippen LogP contribution in [0.1, 0.15) is 0 Å². The highest BCUT2D eigenvalue weighted by atomic mass is 15.3. The van der Waals surface area contributed by atoms with E-state index in [1.54, 1.807) is 0 Å². The van der Waals surface area contributed by atoms with Crippen LogP contribution in [0.25, 0.3) is 38.6 Å². The Hall–Kier alpha value is -5.80. The number of nitrogens with zero attached hydrogens (tertiary/aromatic N) is 3. The Morgan fingerprint density at radius 3 is 1.47 bits per heavy atom. The number of hydrogen-bond acceptors (Lipinski definition) is 2. The second-order valence-corrected chi connectivity index (χ2v) is 11.8. The van der Waals surface area contributed by atoms with Crippen LogP contribution in [0, 0.1) is 0 Å². The van der Waals surface area contributed by atoms with Gasteiger partial charge < -0.3 is 14.4 Å². The molecule has 0 bridgehead atoms. The fourth-order valence-corrected chi connectivity index (χ4v) is 7.40. The molecule has 1 aromatic heterocycles. The Kier molecular flexibility index (Phi) is 5.95. The SMILES string of the molecule is C1=CC2C(C=C1)N(c1cccc(-n3c4ccccc4c4ccccc43)c1)c1ccccc1-c1ccccc1N2c1ccccc1. The van der Waals surface area contributed by atoms with Crippen LogP contribution in [0.5, 0.6) is 0 Å². The van der Waals surface area contributed by atoms with Crippen molar-refractivity contribution in [3.8, 4) is 16.8 Å². The van der Waals surface area contributed by atoms with Gasteiger partial charge in [-0.3, -0.25) is 0 Å². The Labute approximate surface area is 263 Å². The molecule has 0 radical (unpaired) electrons. The van der Waals surface area contributed by atoms with Crippen LogP contribution in [0.2, 0.25) is 0 Å². The summed E-state index contributed by atoms with van der Waals surface area (Å²) >= 11 is 0. The average Bonchev–Trinajstić information content (AvgIpc) is 3.44. The van der Waals surface area contributed by atoms with Gasteiger partial charge in [-0.2, -0.15) is 0 Å². The molecular weight excluding hydrogens is 546 g/mol. The summed E-state index contributed by atoms with van der Waals surface area (Å²) in [4.78, 5) is 5.06. The quantitative estimate of drug-likeness (QED) is 0.207. The lowest BCUT2D eigenvalue weighted by Gasteiger charge is -2.46. The third kappa shape index (κ3) is 4.05. The molecule has 0 N–H and O–H groups in total. The molecule has 9 rings (SSSR count). The van der Waals surface area contributed by atoms with Gasteiger partial charge in [0.15, 0.2) is 0 Å². The van der Waals surface area contributed by atoms with E-state index in [0.29, 0.717) is 0 Å². The number of fused-ring (bicyclic) bond motifs is 7. The lowest BCUT2D eigenvalue weighted by atomic mass is 9.90. The molecule has 1 aliphatic heterocycles. The summed E-state index contributed by atoms with van der Waals surface area (Å²) in [6, 6.07) is 55.1. The Balaban J connectivity index is 1.30. The van der Waals surface area contributed by atoms with Crippen molar-refractivity contribution in [2.45, 2.75) is 12.1 Å². The highest BCUT2D eigenvalue weighted by Crippen LogP contribution is 2.48. The number of rotatable bonds is 3. The Morgan fingerprint density at radius 2 is 0.844 bits per heavy atom. The topological polar surface area (TPSA) is 11.4 Å². The fourth-order valence-electron chi connectivity index (χ4n) is 7.40. The normalized spacial score (nSPS) is 17.1. The van der Waals surface area contributed by atoms with Crippen LogP contribution >= 0.6 is 0 Å². The first-order valence-corrected chi connectivity index (χ1v) is 15.6. The van der Waals surface area contributed by atoms with Gasteiger partial charge in [-0.15, -0.1) is 0 Å². The molecule has 214 valence electrons. The highest BCUT2D eigenvalue weighted by molar-refractivity contribution is 6.09. The van der Waals surface area contributed by atoms with E-state index in [2.05, 4.69) is 190 Å². The first-order valence-electron chi connectivity index (χ1n) is 15.6. The highest BCUT2D eigenvalue weighted by Gasteiger charge is 2.36. The van der Waals surface area contributed by atoms with Crippen LogP contribution in [0.15, 0.2) is 176 Å². The van der Waals surface area contributed by atoms with Crippen molar-refractivity contribution >= 4 is 44.6 Å². The minimum Gasteiger partial charge on any atom is -0.332 e. The summed E-state index contributed by atoms with van der Waals surface area (Å²) < 4.78 is 2.41. The minimum atomic E-state index is 0.0399. The van der Waals surface area contributed by atoms with Crippen molar-refractivity contribution < 1.29 is 0 Å². The summed E-state index contributed by atoms with van der Waals surface area (Å²) in [5, 5.41) is 2.54. The van der Waals surface area contributed by atoms with Crippen LogP contribution in [-0.2, 0) is 0 Å². The molecule has 2 atom stereocenters. The fraction of sp³-hybridized carbons (Fsp3) is 0.0476. The van der Waals surface area contributed by atoms with E-state index in [1.807, 2.05) is 0 Å². The molecule has 3 heteroatoms. The standard InChI is InChI=1S/C42H31N3/c1-2-15-30(16-3-1)43-37-23-8-4-19-33(37)36-22-7-11-26-40(36)45(42-28-13-12-27-41(42)43)32-18-14-17-31(29-32)44-38-24-9-5-20-34(38)35-21-6-10-25-39(35)44/h1-29,41-42H. The van der Waals surface area contributed by atoms with Gasteiger partial charge in [0.2, 0.25) is 0 Å². The van der Waals surface area contributed by atoms with E-state index >= 15 is 0 Å². The summed E-state index contributed by atoms with van der Waals surface area (Å²) in [6.07, 6.45) is 9.11. The molecule has 7 aromatic rings. The molecule has 6 aromatic carbocycles. The molecule has 0 spiro atoms. The van der Waals surface area contributed by atoms with Crippen LogP contribution < -0.4 is 9.80 Å². The zero-order valence-electron chi connectivity index (χ0n) is 24.7. The van der Waals surface area contributed by atoms with Crippen molar-refractivity contribution in [3.05, 3.63) is 176 Å². The van der Waals surface area contributed by atoms with E-state index in [9.17, 15) is 0 Å². The van der Waals surface area contributed by atoms with Crippen molar-refractivity contribution in [2.24, 2.45) is 0 Å². The average molecular weight is 578 g/mol. The van der Waals surface area contributed by atoms with Crippen molar-refractivity contribution in [2.75, 3.05) is 9.80 Å². The smallest absolute Gasteiger partial charge is 0.0769 e. The molecule has 2 aliphatic rings. The number of anilines is 4. The van der Waals surface area contributed by atoms with Crippen LogP contribution in [0.3, 0.4) is 0 Å². The molecule has 45 heavy (non-hydrogen) atoms. The number of allylic oxidation sites excluding steroid dienone is 2. The lowest BCUT2D eigenvalue weighted by Crippen LogP contribution is -2.49. The lowest BCUT2D eigenvalue weighted by molar-refractivity contribution is 0.658. The second kappa shape index (κ2) is 10.4. The van der Waals surface area contributed by atoms with Gasteiger partial charge >= 0.3 is 0 Å². The van der Waals surface area contributed by atoms with E-state index in [1.165, 1.54) is 50.0 Å². The van der Waals surface area contributed by atoms with Crippen molar-refractivity contribution in [1.82, 2.24) is 4.57 Å². The van der Waals surface area contributed by atoms with Crippen molar-refractivity contribution in [3.63, 3.8) is 0 Å². The maximum absolute atomic E-state index is 2.54. The van der Waals surface area contributed by atoms with E-state index < -0.39 is 0 Å². The zero-order chi connectivity index (χ0) is 29.7. The number of hydrogen-bond donors (Lipinski definition) is 0.